The minimum Gasteiger partial charge on any atom is -0.497 e. The molecule has 0 unspecified atom stereocenters. The lowest BCUT2D eigenvalue weighted by Gasteiger charge is -2.32. The van der Waals surface area contributed by atoms with Crippen LogP contribution in [0.1, 0.15) is 29.2 Å². The van der Waals surface area contributed by atoms with Crippen molar-refractivity contribution in [1.82, 2.24) is 10.2 Å². The predicted octanol–water partition coefficient (Wildman–Crippen LogP) is 3.98. The van der Waals surface area contributed by atoms with Gasteiger partial charge in [-0.25, -0.2) is 8.42 Å². The normalized spacial score (nSPS) is 11.9. The fourth-order valence-electron chi connectivity index (χ4n) is 4.12. The Labute approximate surface area is 225 Å². The van der Waals surface area contributed by atoms with Crippen LogP contribution >= 0.6 is 0 Å². The summed E-state index contributed by atoms with van der Waals surface area (Å²) in [6.45, 7) is 6.82. The number of nitrogens with zero attached hydrogens (tertiary/aromatic N) is 2. The molecule has 0 aliphatic rings. The zero-order valence-corrected chi connectivity index (χ0v) is 23.5. The summed E-state index contributed by atoms with van der Waals surface area (Å²) in [6.07, 6.45) is 0. The van der Waals surface area contributed by atoms with Crippen molar-refractivity contribution in [2.24, 2.45) is 0 Å². The van der Waals surface area contributed by atoms with Crippen molar-refractivity contribution in [3.63, 3.8) is 0 Å². The zero-order valence-electron chi connectivity index (χ0n) is 22.7. The van der Waals surface area contributed by atoms with Crippen LogP contribution < -0.4 is 14.4 Å². The van der Waals surface area contributed by atoms with Gasteiger partial charge in [0.2, 0.25) is 11.8 Å². The van der Waals surface area contributed by atoms with Gasteiger partial charge in [-0.05, 0) is 74.7 Å². The highest BCUT2D eigenvalue weighted by molar-refractivity contribution is 7.92. The Morgan fingerprint density at radius 1 is 0.974 bits per heavy atom. The summed E-state index contributed by atoms with van der Waals surface area (Å²) in [5, 5.41) is 2.58. The van der Waals surface area contributed by atoms with Crippen LogP contribution in [0.2, 0.25) is 0 Å². The average molecular weight is 538 g/mol. The van der Waals surface area contributed by atoms with Crippen molar-refractivity contribution < 1.29 is 22.7 Å². The first-order chi connectivity index (χ1) is 18.0. The lowest BCUT2D eigenvalue weighted by atomic mass is 10.1. The number of benzene rings is 3. The molecule has 0 heterocycles. The second-order valence-electron chi connectivity index (χ2n) is 9.21. The minimum absolute atomic E-state index is 0.0792. The molecule has 3 aromatic rings. The number of carbonyl (C=O) groups is 2. The number of sulfonamides is 1. The molecular weight excluding hydrogens is 502 g/mol. The van der Waals surface area contributed by atoms with Gasteiger partial charge in [-0.15, -0.1) is 0 Å². The standard InChI is InChI=1S/C29H35N3O5S/c1-20-13-15-26(16-14-20)38(35,36)32(27-12-7-9-21(2)22(27)3)19-28(33)31(23(4)29(34)30-5)18-24-10-8-11-25(17-24)37-6/h7-17,23H,18-19H2,1-6H3,(H,30,34)/t23-/m1/s1. The average Bonchev–Trinajstić information content (AvgIpc) is 2.91. The van der Waals surface area contributed by atoms with Gasteiger partial charge in [-0.1, -0.05) is 42.0 Å². The number of hydrogen-bond donors (Lipinski definition) is 1. The molecule has 0 fully saturated rings. The van der Waals surface area contributed by atoms with Crippen LogP contribution in [0.3, 0.4) is 0 Å². The number of nitrogens with one attached hydrogen (secondary N) is 1. The van der Waals surface area contributed by atoms with Gasteiger partial charge in [0, 0.05) is 13.6 Å². The zero-order chi connectivity index (χ0) is 28.0. The van der Waals surface area contributed by atoms with Crippen molar-refractivity contribution in [3.05, 3.63) is 89.0 Å². The lowest BCUT2D eigenvalue weighted by Crippen LogP contribution is -2.50. The number of rotatable bonds is 10. The largest absolute Gasteiger partial charge is 0.497 e. The fraction of sp³-hybridized carbons (Fsp3) is 0.310. The first-order valence-corrected chi connectivity index (χ1v) is 13.7. The molecule has 38 heavy (non-hydrogen) atoms. The summed E-state index contributed by atoms with van der Waals surface area (Å²) in [6, 6.07) is 18.2. The van der Waals surface area contributed by atoms with E-state index < -0.39 is 28.5 Å². The van der Waals surface area contributed by atoms with E-state index in [1.807, 2.05) is 32.9 Å². The summed E-state index contributed by atoms with van der Waals surface area (Å²) >= 11 is 0. The van der Waals surface area contributed by atoms with Crippen LogP contribution in [-0.2, 0) is 26.2 Å². The predicted molar refractivity (Wildman–Crippen MR) is 149 cm³/mol. The molecule has 8 nitrogen and oxygen atoms in total. The van der Waals surface area contributed by atoms with E-state index in [0.29, 0.717) is 11.4 Å². The molecular formula is C29H35N3O5S. The molecule has 2 amide bonds. The summed E-state index contributed by atoms with van der Waals surface area (Å²) < 4.78 is 34.3. The third-order valence-corrected chi connectivity index (χ3v) is 8.41. The Kier molecular flexibility index (Phi) is 9.17. The van der Waals surface area contributed by atoms with Crippen LogP contribution in [0.4, 0.5) is 5.69 Å². The molecule has 1 atom stereocenters. The molecule has 0 radical (unpaired) electrons. The maximum absolute atomic E-state index is 13.9. The fourth-order valence-corrected chi connectivity index (χ4v) is 5.59. The first-order valence-electron chi connectivity index (χ1n) is 12.3. The van der Waals surface area contributed by atoms with Gasteiger partial charge in [0.15, 0.2) is 0 Å². The number of aryl methyl sites for hydroxylation is 2. The number of anilines is 1. The van der Waals surface area contributed by atoms with Crippen LogP contribution in [0.5, 0.6) is 5.75 Å². The monoisotopic (exact) mass is 537 g/mol. The molecule has 3 aromatic carbocycles. The quantitative estimate of drug-likeness (QED) is 0.422. The molecule has 1 N–H and O–H groups in total. The number of likely N-dealkylation sites (N-methyl/N-ethyl adjacent to an activating group) is 1. The van der Waals surface area contributed by atoms with E-state index in [9.17, 15) is 18.0 Å². The third-order valence-electron chi connectivity index (χ3n) is 6.63. The topological polar surface area (TPSA) is 96.0 Å². The Morgan fingerprint density at radius 3 is 2.26 bits per heavy atom. The molecule has 0 saturated heterocycles. The maximum Gasteiger partial charge on any atom is 0.264 e. The van der Waals surface area contributed by atoms with Crippen molar-refractivity contribution >= 4 is 27.5 Å². The summed E-state index contributed by atoms with van der Waals surface area (Å²) in [5.41, 5.74) is 3.71. The molecule has 0 spiro atoms. The molecule has 0 aliphatic heterocycles. The number of hydrogen-bond acceptors (Lipinski definition) is 5. The molecule has 0 aliphatic carbocycles. The van der Waals surface area contributed by atoms with Gasteiger partial charge in [0.05, 0.1) is 17.7 Å². The molecule has 202 valence electrons. The second-order valence-corrected chi connectivity index (χ2v) is 11.1. The van der Waals surface area contributed by atoms with E-state index in [2.05, 4.69) is 5.32 Å². The van der Waals surface area contributed by atoms with Crippen molar-refractivity contribution in [2.75, 3.05) is 25.0 Å². The van der Waals surface area contributed by atoms with Gasteiger partial charge < -0.3 is 15.0 Å². The Hall–Kier alpha value is -3.85. The van der Waals surface area contributed by atoms with Gasteiger partial charge in [-0.3, -0.25) is 13.9 Å². The van der Waals surface area contributed by atoms with Gasteiger partial charge in [0.1, 0.15) is 18.3 Å². The van der Waals surface area contributed by atoms with Crippen molar-refractivity contribution in [1.29, 1.82) is 0 Å². The lowest BCUT2D eigenvalue weighted by molar-refractivity contribution is -0.139. The Bertz CT molecular complexity index is 1400. The second kappa shape index (κ2) is 12.1. The van der Waals surface area contributed by atoms with Crippen LogP contribution in [-0.4, -0.2) is 51.9 Å². The Morgan fingerprint density at radius 2 is 1.63 bits per heavy atom. The minimum atomic E-state index is -4.11. The van der Waals surface area contributed by atoms with Gasteiger partial charge >= 0.3 is 0 Å². The van der Waals surface area contributed by atoms with Crippen LogP contribution in [0, 0.1) is 20.8 Å². The van der Waals surface area contributed by atoms with E-state index in [1.54, 1.807) is 56.5 Å². The molecule has 0 saturated carbocycles. The summed E-state index contributed by atoms with van der Waals surface area (Å²) in [7, 11) is -1.06. The SMILES string of the molecule is CNC(=O)[C@@H](C)N(Cc1cccc(OC)c1)C(=O)CN(c1cccc(C)c1C)S(=O)(=O)c1ccc(C)cc1. The molecule has 0 aromatic heterocycles. The highest BCUT2D eigenvalue weighted by atomic mass is 32.2. The summed E-state index contributed by atoms with van der Waals surface area (Å²) in [4.78, 5) is 28.0. The van der Waals surface area contributed by atoms with E-state index >= 15 is 0 Å². The number of ether oxygens (including phenoxy) is 1. The first kappa shape index (κ1) is 28.7. The van der Waals surface area contributed by atoms with Gasteiger partial charge in [-0.2, -0.15) is 0 Å². The van der Waals surface area contributed by atoms with E-state index in [1.165, 1.54) is 24.1 Å². The molecule has 3 rings (SSSR count). The number of carbonyl (C=O) groups excluding carboxylic acids is 2. The van der Waals surface area contributed by atoms with E-state index in [4.69, 9.17) is 4.74 Å². The smallest absolute Gasteiger partial charge is 0.264 e. The van der Waals surface area contributed by atoms with Crippen LogP contribution in [0.25, 0.3) is 0 Å². The van der Waals surface area contributed by atoms with E-state index in [-0.39, 0.29) is 17.3 Å². The summed E-state index contributed by atoms with van der Waals surface area (Å²) in [5.74, 6) is -0.261. The van der Waals surface area contributed by atoms with Gasteiger partial charge in [0.25, 0.3) is 10.0 Å². The van der Waals surface area contributed by atoms with Crippen molar-refractivity contribution in [3.8, 4) is 5.75 Å². The number of amides is 2. The molecule has 0 bridgehead atoms. The molecule has 9 heteroatoms. The Balaban J connectivity index is 2.08. The van der Waals surface area contributed by atoms with Crippen LogP contribution in [0.15, 0.2) is 71.6 Å². The van der Waals surface area contributed by atoms with Crippen molar-refractivity contribution in [2.45, 2.75) is 45.2 Å². The maximum atomic E-state index is 13.9. The highest BCUT2D eigenvalue weighted by Gasteiger charge is 2.33. The highest BCUT2D eigenvalue weighted by Crippen LogP contribution is 2.29. The third kappa shape index (κ3) is 6.34. The number of methoxy groups -OCH3 is 1. The van der Waals surface area contributed by atoms with E-state index in [0.717, 1.165) is 26.6 Å².